The van der Waals surface area contributed by atoms with Crippen LogP contribution in [0.3, 0.4) is 0 Å². The van der Waals surface area contributed by atoms with Gasteiger partial charge in [0.1, 0.15) is 12.4 Å². The molecule has 3 amide bonds. The lowest BCUT2D eigenvalue weighted by Gasteiger charge is -2.14. The number of amides is 3. The maximum absolute atomic E-state index is 13.0. The second-order valence-electron chi connectivity index (χ2n) is 6.83. The van der Waals surface area contributed by atoms with Crippen molar-refractivity contribution in [1.82, 2.24) is 4.90 Å². The Bertz CT molecular complexity index is 1130. The Morgan fingerprint density at radius 1 is 1.18 bits per heavy atom. The summed E-state index contributed by atoms with van der Waals surface area (Å²) in [7, 11) is 1.38. The van der Waals surface area contributed by atoms with E-state index < -0.39 is 41.5 Å². The third kappa shape index (κ3) is 5.89. The Morgan fingerprint density at radius 2 is 1.88 bits per heavy atom. The van der Waals surface area contributed by atoms with Gasteiger partial charge in [-0.2, -0.15) is 0 Å². The minimum absolute atomic E-state index is 0.101. The van der Waals surface area contributed by atoms with Crippen LogP contribution in [0, 0.1) is 5.82 Å². The van der Waals surface area contributed by atoms with Crippen LogP contribution < -0.4 is 14.8 Å². The number of benzene rings is 2. The van der Waals surface area contributed by atoms with Crippen molar-refractivity contribution in [3.05, 3.63) is 58.8 Å². The lowest BCUT2D eigenvalue weighted by molar-refractivity contribution is -0.144. The molecule has 1 aliphatic heterocycles. The number of carboxylic acid groups (broad SMARTS) is 1. The molecule has 1 atom stereocenters. The highest BCUT2D eigenvalue weighted by atomic mass is 32.2. The van der Waals surface area contributed by atoms with Crippen molar-refractivity contribution in [2.75, 3.05) is 19.0 Å². The molecule has 33 heavy (non-hydrogen) atoms. The molecule has 0 aliphatic carbocycles. The van der Waals surface area contributed by atoms with Crippen LogP contribution in [0.1, 0.15) is 12.5 Å². The lowest BCUT2D eigenvalue weighted by Crippen LogP contribution is -2.36. The number of anilines is 1. The van der Waals surface area contributed by atoms with Gasteiger partial charge in [0.25, 0.3) is 11.1 Å². The van der Waals surface area contributed by atoms with Crippen LogP contribution in [0.2, 0.25) is 0 Å². The van der Waals surface area contributed by atoms with Crippen molar-refractivity contribution >= 4 is 46.5 Å². The molecule has 0 bridgehead atoms. The molecule has 172 valence electrons. The third-order valence-electron chi connectivity index (χ3n) is 4.44. The van der Waals surface area contributed by atoms with Crippen LogP contribution in [-0.2, 0) is 14.4 Å². The highest BCUT2D eigenvalue weighted by Crippen LogP contribution is 2.34. The van der Waals surface area contributed by atoms with Crippen LogP contribution in [0.25, 0.3) is 6.08 Å². The van der Waals surface area contributed by atoms with Gasteiger partial charge in [-0.1, -0.05) is 6.07 Å². The van der Waals surface area contributed by atoms with Gasteiger partial charge in [0, 0.05) is 5.69 Å². The van der Waals surface area contributed by atoms with Crippen LogP contribution in [0.5, 0.6) is 11.5 Å². The van der Waals surface area contributed by atoms with E-state index in [0.29, 0.717) is 23.0 Å². The van der Waals surface area contributed by atoms with E-state index in [4.69, 9.17) is 14.6 Å². The minimum atomic E-state index is -1.14. The molecule has 2 aromatic carbocycles. The lowest BCUT2D eigenvalue weighted by atomic mass is 10.2. The van der Waals surface area contributed by atoms with Gasteiger partial charge in [0.15, 0.2) is 17.6 Å². The first-order valence-corrected chi connectivity index (χ1v) is 10.4. The zero-order valence-corrected chi connectivity index (χ0v) is 18.3. The number of nitrogens with zero attached hydrogens (tertiary/aromatic N) is 1. The van der Waals surface area contributed by atoms with Crippen molar-refractivity contribution in [2.45, 2.75) is 13.0 Å². The van der Waals surface area contributed by atoms with Gasteiger partial charge in [-0.25, -0.2) is 9.18 Å². The maximum atomic E-state index is 13.0. The minimum Gasteiger partial charge on any atom is -0.493 e. The summed E-state index contributed by atoms with van der Waals surface area (Å²) < 4.78 is 23.5. The van der Waals surface area contributed by atoms with Crippen LogP contribution in [0.4, 0.5) is 14.9 Å². The second kappa shape index (κ2) is 10.2. The van der Waals surface area contributed by atoms with E-state index in [9.17, 15) is 23.6 Å². The van der Waals surface area contributed by atoms with E-state index in [2.05, 4.69) is 5.32 Å². The molecule has 9 nitrogen and oxygen atoms in total. The maximum Gasteiger partial charge on any atom is 0.344 e. The molecule has 11 heteroatoms. The summed E-state index contributed by atoms with van der Waals surface area (Å²) in [5.74, 6) is -2.40. The molecule has 1 saturated heterocycles. The van der Waals surface area contributed by atoms with Crippen LogP contribution in [-0.4, -0.2) is 52.8 Å². The molecule has 0 unspecified atom stereocenters. The topological polar surface area (TPSA) is 122 Å². The number of aliphatic carboxylic acids is 1. The molecule has 0 aromatic heterocycles. The summed E-state index contributed by atoms with van der Waals surface area (Å²) in [6.45, 7) is 0.875. The fraction of sp³-hybridized carbons (Fsp3) is 0.182. The van der Waals surface area contributed by atoms with Crippen molar-refractivity contribution in [2.24, 2.45) is 0 Å². The standard InChI is InChI=1S/C22H19FN2O7S/c1-12(21(28)29)32-16-8-3-13(9-17(16)31-2)10-18-20(27)25(22(30)33-18)11-19(26)24-15-6-4-14(23)5-7-15/h3-10,12H,11H2,1-2H3,(H,24,26)(H,28,29)/b18-10-/t12-/m0/s1. The Morgan fingerprint density at radius 3 is 2.52 bits per heavy atom. The first-order chi connectivity index (χ1) is 15.7. The summed E-state index contributed by atoms with van der Waals surface area (Å²) in [6.07, 6.45) is 0.359. The SMILES string of the molecule is COc1cc(/C=C2\SC(=O)N(CC(=O)Nc3ccc(F)cc3)C2=O)ccc1O[C@@H](C)C(=O)O. The summed E-state index contributed by atoms with van der Waals surface area (Å²) in [6, 6.07) is 9.65. The van der Waals surface area contributed by atoms with Gasteiger partial charge < -0.3 is 19.9 Å². The fourth-order valence-electron chi connectivity index (χ4n) is 2.78. The Hall–Kier alpha value is -3.86. The smallest absolute Gasteiger partial charge is 0.344 e. The first-order valence-electron chi connectivity index (χ1n) is 9.56. The number of halogens is 1. The van der Waals surface area contributed by atoms with Gasteiger partial charge >= 0.3 is 5.97 Å². The number of carboxylic acids is 1. The summed E-state index contributed by atoms with van der Waals surface area (Å²) in [5, 5.41) is 10.9. The summed E-state index contributed by atoms with van der Waals surface area (Å²) in [5.41, 5.74) is 0.832. The zero-order valence-electron chi connectivity index (χ0n) is 17.5. The van der Waals surface area contributed by atoms with Gasteiger partial charge in [-0.05, 0) is 66.7 Å². The fourth-order valence-corrected chi connectivity index (χ4v) is 3.62. The predicted octanol–water partition coefficient (Wildman–Crippen LogP) is 3.36. The van der Waals surface area contributed by atoms with Crippen molar-refractivity contribution in [1.29, 1.82) is 0 Å². The van der Waals surface area contributed by atoms with E-state index in [1.54, 1.807) is 6.07 Å². The largest absolute Gasteiger partial charge is 0.493 e. The number of imide groups is 1. The summed E-state index contributed by atoms with van der Waals surface area (Å²) >= 11 is 0.678. The highest BCUT2D eigenvalue weighted by molar-refractivity contribution is 8.18. The normalized spacial score (nSPS) is 15.5. The van der Waals surface area contributed by atoms with Gasteiger partial charge in [0.2, 0.25) is 5.91 Å². The number of thioether (sulfide) groups is 1. The molecule has 2 aromatic rings. The van der Waals surface area contributed by atoms with E-state index in [0.717, 1.165) is 4.90 Å². The average Bonchev–Trinajstić information content (AvgIpc) is 3.03. The van der Waals surface area contributed by atoms with E-state index in [-0.39, 0.29) is 16.4 Å². The first kappa shape index (κ1) is 23.8. The molecule has 3 rings (SSSR count). The number of carbonyl (C=O) groups excluding carboxylic acids is 3. The molecular formula is C22H19FN2O7S. The second-order valence-corrected chi connectivity index (χ2v) is 7.82. The van der Waals surface area contributed by atoms with E-state index in [1.807, 2.05) is 0 Å². The van der Waals surface area contributed by atoms with Crippen LogP contribution in [0.15, 0.2) is 47.4 Å². The monoisotopic (exact) mass is 474 g/mol. The Labute approximate surface area is 192 Å². The summed E-state index contributed by atoms with van der Waals surface area (Å²) in [4.78, 5) is 49.1. The van der Waals surface area contributed by atoms with E-state index in [1.165, 1.54) is 56.5 Å². The van der Waals surface area contributed by atoms with Gasteiger partial charge in [0.05, 0.1) is 12.0 Å². The molecule has 1 aliphatic rings. The number of rotatable bonds is 8. The predicted molar refractivity (Wildman–Crippen MR) is 118 cm³/mol. The molecule has 0 saturated carbocycles. The number of carbonyl (C=O) groups is 4. The number of nitrogens with one attached hydrogen (secondary N) is 1. The van der Waals surface area contributed by atoms with Crippen molar-refractivity contribution in [3.8, 4) is 11.5 Å². The molecule has 0 radical (unpaired) electrons. The van der Waals surface area contributed by atoms with Crippen molar-refractivity contribution in [3.63, 3.8) is 0 Å². The molecule has 2 N–H and O–H groups in total. The van der Waals surface area contributed by atoms with E-state index >= 15 is 0 Å². The third-order valence-corrected chi connectivity index (χ3v) is 5.35. The molecule has 0 spiro atoms. The molecule has 1 fully saturated rings. The number of hydrogen-bond donors (Lipinski definition) is 2. The number of ether oxygens (including phenoxy) is 2. The molecular weight excluding hydrogens is 455 g/mol. The van der Waals surface area contributed by atoms with Gasteiger partial charge in [-0.3, -0.25) is 19.3 Å². The molecule has 1 heterocycles. The Kier molecular flexibility index (Phi) is 7.34. The van der Waals surface area contributed by atoms with Gasteiger partial charge in [-0.15, -0.1) is 0 Å². The van der Waals surface area contributed by atoms with Crippen LogP contribution >= 0.6 is 11.8 Å². The number of hydrogen-bond acceptors (Lipinski definition) is 7. The van der Waals surface area contributed by atoms with Crippen molar-refractivity contribution < 1.29 is 38.1 Å². The quantitative estimate of drug-likeness (QED) is 0.559. The Balaban J connectivity index is 1.71. The average molecular weight is 474 g/mol. The number of methoxy groups -OCH3 is 1. The zero-order chi connectivity index (χ0) is 24.1. The highest BCUT2D eigenvalue weighted by Gasteiger charge is 2.36.